The van der Waals surface area contributed by atoms with E-state index in [1.807, 2.05) is 27.7 Å². The summed E-state index contributed by atoms with van der Waals surface area (Å²) in [6.45, 7) is 7.68. The first-order valence-corrected chi connectivity index (χ1v) is 6.74. The summed E-state index contributed by atoms with van der Waals surface area (Å²) in [7, 11) is 0. The molecule has 0 bridgehead atoms. The Morgan fingerprint density at radius 1 is 0.850 bits per heavy atom. The second-order valence-electron chi connectivity index (χ2n) is 5.56. The molecule has 114 valence electrons. The Balaban J connectivity index is 4.60. The van der Waals surface area contributed by atoms with Crippen LogP contribution in [0.1, 0.15) is 40.5 Å². The number of nitrogens with zero attached hydrogens (tertiary/aromatic N) is 2. The lowest BCUT2D eigenvalue weighted by molar-refractivity contribution is -0.139. The third kappa shape index (κ3) is 8.39. The third-order valence-corrected chi connectivity index (χ3v) is 2.56. The SMILES string of the molecule is CC(C)C[C@H](N=CC=N[C@@H](CC(C)C)C(=O)O)C(=O)O. The maximum atomic E-state index is 11.0. The van der Waals surface area contributed by atoms with Crippen LogP contribution in [0.3, 0.4) is 0 Å². The van der Waals surface area contributed by atoms with Crippen molar-refractivity contribution in [2.75, 3.05) is 0 Å². The number of carboxylic acids is 2. The van der Waals surface area contributed by atoms with Gasteiger partial charge in [-0.1, -0.05) is 27.7 Å². The van der Waals surface area contributed by atoms with E-state index in [1.54, 1.807) is 0 Å². The fourth-order valence-corrected chi connectivity index (χ4v) is 1.63. The Morgan fingerprint density at radius 2 is 1.15 bits per heavy atom. The van der Waals surface area contributed by atoms with E-state index in [0.717, 1.165) is 0 Å². The van der Waals surface area contributed by atoms with Gasteiger partial charge in [-0.25, -0.2) is 9.59 Å². The molecule has 0 aliphatic heterocycles. The van der Waals surface area contributed by atoms with Crippen LogP contribution in [-0.4, -0.2) is 46.7 Å². The van der Waals surface area contributed by atoms with Crippen LogP contribution in [0.25, 0.3) is 0 Å². The van der Waals surface area contributed by atoms with Crippen molar-refractivity contribution in [2.24, 2.45) is 21.8 Å². The average molecular weight is 284 g/mol. The molecule has 0 radical (unpaired) electrons. The molecular weight excluding hydrogens is 260 g/mol. The molecule has 6 nitrogen and oxygen atoms in total. The highest BCUT2D eigenvalue weighted by Crippen LogP contribution is 2.09. The highest BCUT2D eigenvalue weighted by Gasteiger charge is 2.17. The van der Waals surface area contributed by atoms with Crippen LogP contribution in [0.5, 0.6) is 0 Å². The standard InChI is InChI=1S/C14H24N2O4/c1-9(2)7-11(13(17)18)15-5-6-16-12(14(19)20)8-10(3)4/h5-6,9-12H,7-8H2,1-4H3,(H,17,18)(H,19,20)/t11-,12-/m0/s1. The molecule has 0 aromatic rings. The number of aliphatic carboxylic acids is 2. The van der Waals surface area contributed by atoms with Gasteiger partial charge in [0.05, 0.1) is 0 Å². The van der Waals surface area contributed by atoms with Crippen molar-refractivity contribution in [2.45, 2.75) is 52.6 Å². The molecule has 0 unspecified atom stereocenters. The number of carboxylic acid groups (broad SMARTS) is 2. The van der Waals surface area contributed by atoms with Crippen LogP contribution in [0.4, 0.5) is 0 Å². The molecule has 0 aliphatic rings. The third-order valence-electron chi connectivity index (χ3n) is 2.56. The predicted molar refractivity (Wildman–Crippen MR) is 78.7 cm³/mol. The fourth-order valence-electron chi connectivity index (χ4n) is 1.63. The molecule has 6 heteroatoms. The lowest BCUT2D eigenvalue weighted by Gasteiger charge is -2.10. The van der Waals surface area contributed by atoms with Gasteiger partial charge in [-0.2, -0.15) is 0 Å². The number of hydrogen-bond acceptors (Lipinski definition) is 4. The zero-order chi connectivity index (χ0) is 15.7. The molecule has 0 amide bonds. The van der Waals surface area contributed by atoms with Gasteiger partial charge in [-0.3, -0.25) is 9.98 Å². The summed E-state index contributed by atoms with van der Waals surface area (Å²) in [5, 5.41) is 18.0. The van der Waals surface area contributed by atoms with Crippen molar-refractivity contribution in [3.8, 4) is 0 Å². The van der Waals surface area contributed by atoms with Gasteiger partial charge >= 0.3 is 11.9 Å². The van der Waals surface area contributed by atoms with Crippen molar-refractivity contribution in [1.29, 1.82) is 0 Å². The van der Waals surface area contributed by atoms with E-state index in [-0.39, 0.29) is 11.8 Å². The summed E-state index contributed by atoms with van der Waals surface area (Å²) >= 11 is 0. The van der Waals surface area contributed by atoms with Crippen molar-refractivity contribution in [1.82, 2.24) is 0 Å². The van der Waals surface area contributed by atoms with Crippen LogP contribution in [0.15, 0.2) is 9.98 Å². The minimum atomic E-state index is -0.986. The Morgan fingerprint density at radius 3 is 1.35 bits per heavy atom. The molecule has 0 saturated heterocycles. The summed E-state index contributed by atoms with van der Waals surface area (Å²) < 4.78 is 0. The quantitative estimate of drug-likeness (QED) is 0.633. The second-order valence-corrected chi connectivity index (χ2v) is 5.56. The second kappa shape index (κ2) is 9.23. The molecule has 0 rings (SSSR count). The molecule has 2 atom stereocenters. The van der Waals surface area contributed by atoms with Crippen LogP contribution in [-0.2, 0) is 9.59 Å². The van der Waals surface area contributed by atoms with Crippen LogP contribution in [0, 0.1) is 11.8 Å². The minimum absolute atomic E-state index is 0.220. The normalized spacial score (nSPS) is 15.3. The lowest BCUT2D eigenvalue weighted by atomic mass is 10.0. The van der Waals surface area contributed by atoms with Gasteiger partial charge in [-0.05, 0) is 24.7 Å². The van der Waals surface area contributed by atoms with Crippen LogP contribution >= 0.6 is 0 Å². The Kier molecular flexibility index (Phi) is 8.43. The molecule has 0 fully saturated rings. The summed E-state index contributed by atoms with van der Waals surface area (Å²) in [4.78, 5) is 29.7. The minimum Gasteiger partial charge on any atom is -0.480 e. The van der Waals surface area contributed by atoms with Gasteiger partial charge in [0.15, 0.2) is 0 Å². The lowest BCUT2D eigenvalue weighted by Crippen LogP contribution is -2.21. The molecule has 0 aromatic heterocycles. The first-order valence-electron chi connectivity index (χ1n) is 6.74. The first kappa shape index (κ1) is 18.3. The number of carbonyl (C=O) groups is 2. The van der Waals surface area contributed by atoms with Crippen molar-refractivity contribution in [3.63, 3.8) is 0 Å². The van der Waals surface area contributed by atoms with E-state index >= 15 is 0 Å². The van der Waals surface area contributed by atoms with E-state index in [4.69, 9.17) is 10.2 Å². The Hall–Kier alpha value is -1.72. The van der Waals surface area contributed by atoms with Gasteiger partial charge in [0.2, 0.25) is 0 Å². The summed E-state index contributed by atoms with van der Waals surface area (Å²) in [6.07, 6.45) is 3.43. The van der Waals surface area contributed by atoms with Gasteiger partial charge in [0.1, 0.15) is 12.1 Å². The summed E-state index contributed by atoms with van der Waals surface area (Å²) in [5.74, 6) is -1.53. The van der Waals surface area contributed by atoms with Crippen molar-refractivity contribution >= 4 is 24.4 Å². The summed E-state index contributed by atoms with van der Waals surface area (Å²) in [6, 6.07) is -1.62. The molecule has 20 heavy (non-hydrogen) atoms. The fraction of sp³-hybridized carbons (Fsp3) is 0.714. The highest BCUT2D eigenvalue weighted by molar-refractivity contribution is 6.16. The zero-order valence-corrected chi connectivity index (χ0v) is 12.5. The molecule has 0 saturated carbocycles. The maximum Gasteiger partial charge on any atom is 0.328 e. The summed E-state index contributed by atoms with van der Waals surface area (Å²) in [5.41, 5.74) is 0. The zero-order valence-electron chi connectivity index (χ0n) is 12.5. The Bertz CT molecular complexity index is 339. The predicted octanol–water partition coefficient (Wildman–Crippen LogP) is 2.13. The van der Waals surface area contributed by atoms with E-state index in [1.165, 1.54) is 12.4 Å². The molecule has 0 heterocycles. The van der Waals surface area contributed by atoms with E-state index in [9.17, 15) is 9.59 Å². The molecule has 0 aromatic carbocycles. The highest BCUT2D eigenvalue weighted by atomic mass is 16.4. The Labute approximate surface area is 119 Å². The number of aliphatic imine (C=N–C) groups is 2. The first-order chi connectivity index (χ1) is 9.23. The topological polar surface area (TPSA) is 99.3 Å². The van der Waals surface area contributed by atoms with Gasteiger partial charge in [0, 0.05) is 12.4 Å². The largest absolute Gasteiger partial charge is 0.480 e. The van der Waals surface area contributed by atoms with Crippen LogP contribution < -0.4 is 0 Å². The maximum absolute atomic E-state index is 11.0. The smallest absolute Gasteiger partial charge is 0.328 e. The monoisotopic (exact) mass is 284 g/mol. The van der Waals surface area contributed by atoms with E-state index in [2.05, 4.69) is 9.98 Å². The molecule has 2 N–H and O–H groups in total. The molecule has 0 aliphatic carbocycles. The van der Waals surface area contributed by atoms with Crippen molar-refractivity contribution in [3.05, 3.63) is 0 Å². The van der Waals surface area contributed by atoms with E-state index in [0.29, 0.717) is 12.8 Å². The number of rotatable bonds is 9. The van der Waals surface area contributed by atoms with Gasteiger partial charge in [0.25, 0.3) is 0 Å². The number of hydrogen-bond donors (Lipinski definition) is 2. The molecular formula is C14H24N2O4. The molecule has 0 spiro atoms. The van der Waals surface area contributed by atoms with Crippen molar-refractivity contribution < 1.29 is 19.8 Å². The van der Waals surface area contributed by atoms with Crippen LogP contribution in [0.2, 0.25) is 0 Å². The average Bonchev–Trinajstić information content (AvgIpc) is 2.29. The van der Waals surface area contributed by atoms with E-state index < -0.39 is 24.0 Å². The van der Waals surface area contributed by atoms with Gasteiger partial charge < -0.3 is 10.2 Å². The van der Waals surface area contributed by atoms with Gasteiger partial charge in [-0.15, -0.1) is 0 Å².